The van der Waals surface area contributed by atoms with Gasteiger partial charge in [0.05, 0.1) is 10.9 Å². The van der Waals surface area contributed by atoms with Crippen LogP contribution < -0.4 is 4.74 Å². The molecule has 0 unspecified atom stereocenters. The van der Waals surface area contributed by atoms with Crippen LogP contribution in [0.4, 0.5) is 4.39 Å². The number of hydrogen-bond acceptors (Lipinski definition) is 4. The van der Waals surface area contributed by atoms with Crippen molar-refractivity contribution in [1.82, 2.24) is 4.90 Å². The molecule has 2 saturated heterocycles. The lowest BCUT2D eigenvalue weighted by atomic mass is 9.93. The molecule has 1 aromatic rings. The molecule has 1 aromatic carbocycles. The Morgan fingerprint density at radius 1 is 1.43 bits per heavy atom. The van der Waals surface area contributed by atoms with Gasteiger partial charge in [0.15, 0.2) is 6.61 Å². The smallest absolute Gasteiger partial charge is 0.260 e. The predicted octanol–water partition coefficient (Wildman–Crippen LogP) is 1.94. The lowest BCUT2D eigenvalue weighted by Crippen LogP contribution is -2.61. The maximum absolute atomic E-state index is 12.8. The number of carbonyl (C=O) groups is 1. The van der Waals surface area contributed by atoms with Gasteiger partial charge in [-0.1, -0.05) is 0 Å². The Morgan fingerprint density at radius 2 is 2.14 bits per heavy atom. The number of methoxy groups -OCH3 is 1. The molecule has 2 heterocycles. The number of thioether (sulfide) groups is 1. The van der Waals surface area contributed by atoms with Crippen molar-refractivity contribution in [2.45, 2.75) is 17.3 Å². The van der Waals surface area contributed by atoms with E-state index in [1.165, 1.54) is 24.3 Å². The van der Waals surface area contributed by atoms with Gasteiger partial charge >= 0.3 is 0 Å². The van der Waals surface area contributed by atoms with E-state index < -0.39 is 0 Å². The van der Waals surface area contributed by atoms with Crippen molar-refractivity contribution in [1.29, 1.82) is 0 Å². The molecule has 2 aliphatic heterocycles. The number of nitrogens with zero attached hydrogens (tertiary/aromatic N) is 1. The van der Waals surface area contributed by atoms with Gasteiger partial charge in [-0.05, 0) is 30.7 Å². The zero-order chi connectivity index (χ0) is 14.9. The van der Waals surface area contributed by atoms with E-state index >= 15 is 0 Å². The molecule has 0 N–H and O–H groups in total. The van der Waals surface area contributed by atoms with Gasteiger partial charge in [0.1, 0.15) is 11.6 Å². The highest BCUT2D eigenvalue weighted by atomic mass is 32.2. The molecule has 3 rings (SSSR count). The second kappa shape index (κ2) is 5.85. The Bertz CT molecular complexity index is 516. The van der Waals surface area contributed by atoms with Crippen LogP contribution in [0.15, 0.2) is 24.3 Å². The fourth-order valence-electron chi connectivity index (χ4n) is 2.77. The van der Waals surface area contributed by atoms with E-state index in [9.17, 15) is 9.18 Å². The largest absolute Gasteiger partial charge is 0.484 e. The van der Waals surface area contributed by atoms with Crippen LogP contribution in [-0.2, 0) is 9.53 Å². The first kappa shape index (κ1) is 14.7. The summed E-state index contributed by atoms with van der Waals surface area (Å²) in [6.45, 7) is 1.53. The average molecular weight is 311 g/mol. The quantitative estimate of drug-likeness (QED) is 0.852. The summed E-state index contributed by atoms with van der Waals surface area (Å²) in [5, 5.41) is 0. The van der Waals surface area contributed by atoms with Crippen molar-refractivity contribution in [3.05, 3.63) is 30.1 Å². The minimum Gasteiger partial charge on any atom is -0.484 e. The predicted molar refractivity (Wildman–Crippen MR) is 79.1 cm³/mol. The van der Waals surface area contributed by atoms with Gasteiger partial charge in [0.2, 0.25) is 0 Å². The fourth-order valence-corrected chi connectivity index (χ4v) is 4.36. The molecule has 21 heavy (non-hydrogen) atoms. The van der Waals surface area contributed by atoms with Gasteiger partial charge in [0, 0.05) is 26.0 Å². The number of hydrogen-bond donors (Lipinski definition) is 0. The summed E-state index contributed by atoms with van der Waals surface area (Å²) in [6, 6.07) is 5.68. The lowest BCUT2D eigenvalue weighted by molar-refractivity contribution is -0.138. The monoisotopic (exact) mass is 311 g/mol. The minimum absolute atomic E-state index is 0.0000847. The van der Waals surface area contributed by atoms with E-state index in [1.54, 1.807) is 7.11 Å². The molecular weight excluding hydrogens is 293 g/mol. The van der Waals surface area contributed by atoms with Crippen LogP contribution in [0.25, 0.3) is 0 Å². The SMILES string of the molecule is CO[C@@H]1CSC2(C1)CN(C(=O)COc1ccc(F)cc1)C2. The van der Waals surface area contributed by atoms with E-state index in [1.807, 2.05) is 16.7 Å². The van der Waals surface area contributed by atoms with Crippen LogP contribution in [0.5, 0.6) is 5.75 Å². The molecule has 0 bridgehead atoms. The first-order valence-electron chi connectivity index (χ1n) is 6.93. The third-order valence-electron chi connectivity index (χ3n) is 4.00. The van der Waals surface area contributed by atoms with Crippen LogP contribution >= 0.6 is 11.8 Å². The summed E-state index contributed by atoms with van der Waals surface area (Å²) in [4.78, 5) is 13.9. The molecule has 0 radical (unpaired) electrons. The Balaban J connectivity index is 1.45. The van der Waals surface area contributed by atoms with Crippen LogP contribution in [-0.4, -0.2) is 54.2 Å². The molecule has 1 atom stereocenters. The Hall–Kier alpha value is -1.27. The topological polar surface area (TPSA) is 38.8 Å². The van der Waals surface area contributed by atoms with Crippen LogP contribution in [0, 0.1) is 5.82 Å². The third kappa shape index (κ3) is 3.16. The average Bonchev–Trinajstić information content (AvgIpc) is 2.89. The van der Waals surface area contributed by atoms with Gasteiger partial charge in [-0.25, -0.2) is 4.39 Å². The van der Waals surface area contributed by atoms with E-state index in [0.717, 1.165) is 25.3 Å². The number of amides is 1. The van der Waals surface area contributed by atoms with E-state index in [4.69, 9.17) is 9.47 Å². The lowest BCUT2D eigenvalue weighted by Gasteiger charge is -2.47. The van der Waals surface area contributed by atoms with Crippen LogP contribution in [0.1, 0.15) is 6.42 Å². The highest BCUT2D eigenvalue weighted by Gasteiger charge is 2.50. The Labute approximate surface area is 127 Å². The standard InChI is InChI=1S/C15H18FNO3S/c1-19-13-6-15(21-8-13)9-17(10-15)14(18)7-20-12-4-2-11(16)3-5-12/h2-5,13H,6-10H2,1H3/t13-/m0/s1. The molecule has 4 nitrogen and oxygen atoms in total. The zero-order valence-corrected chi connectivity index (χ0v) is 12.7. The minimum atomic E-state index is -0.315. The van der Waals surface area contributed by atoms with Crippen LogP contribution in [0.3, 0.4) is 0 Å². The van der Waals surface area contributed by atoms with E-state index in [2.05, 4.69) is 0 Å². The molecule has 6 heteroatoms. The first-order chi connectivity index (χ1) is 10.1. The second-order valence-electron chi connectivity index (χ2n) is 5.55. The molecule has 1 amide bonds. The number of ether oxygens (including phenoxy) is 2. The second-order valence-corrected chi connectivity index (χ2v) is 7.04. The molecule has 2 fully saturated rings. The number of likely N-dealkylation sites (tertiary alicyclic amines) is 1. The van der Waals surface area contributed by atoms with Crippen molar-refractivity contribution >= 4 is 17.7 Å². The fraction of sp³-hybridized carbons (Fsp3) is 0.533. The first-order valence-corrected chi connectivity index (χ1v) is 7.92. The molecule has 2 aliphatic rings. The summed E-state index contributed by atoms with van der Waals surface area (Å²) in [7, 11) is 1.74. The highest BCUT2D eigenvalue weighted by molar-refractivity contribution is 8.01. The van der Waals surface area contributed by atoms with Crippen molar-refractivity contribution in [2.24, 2.45) is 0 Å². The molecule has 0 aliphatic carbocycles. The number of carbonyl (C=O) groups excluding carboxylic acids is 1. The molecular formula is C15H18FNO3S. The van der Waals surface area contributed by atoms with Gasteiger partial charge in [-0.2, -0.15) is 0 Å². The van der Waals surface area contributed by atoms with Gasteiger partial charge in [-0.3, -0.25) is 4.79 Å². The van der Waals surface area contributed by atoms with E-state index in [-0.39, 0.29) is 23.1 Å². The Morgan fingerprint density at radius 3 is 2.76 bits per heavy atom. The summed E-state index contributed by atoms with van der Waals surface area (Å²) in [5.74, 6) is 1.18. The molecule has 1 spiro atoms. The summed E-state index contributed by atoms with van der Waals surface area (Å²) >= 11 is 1.90. The maximum Gasteiger partial charge on any atom is 0.260 e. The van der Waals surface area contributed by atoms with E-state index in [0.29, 0.717) is 11.9 Å². The summed E-state index contributed by atoms with van der Waals surface area (Å²) < 4.78 is 23.7. The number of benzene rings is 1. The summed E-state index contributed by atoms with van der Waals surface area (Å²) in [6.07, 6.45) is 1.32. The van der Waals surface area contributed by atoms with Gasteiger partial charge in [0.25, 0.3) is 5.91 Å². The van der Waals surface area contributed by atoms with Gasteiger partial charge in [-0.15, -0.1) is 11.8 Å². The van der Waals surface area contributed by atoms with Crippen molar-refractivity contribution < 1.29 is 18.7 Å². The Kier molecular flexibility index (Phi) is 4.08. The maximum atomic E-state index is 12.8. The molecule has 114 valence electrons. The number of halogens is 1. The highest BCUT2D eigenvalue weighted by Crippen LogP contribution is 2.45. The van der Waals surface area contributed by atoms with Crippen molar-refractivity contribution in [3.63, 3.8) is 0 Å². The van der Waals surface area contributed by atoms with Crippen LogP contribution in [0.2, 0.25) is 0 Å². The van der Waals surface area contributed by atoms with Crippen molar-refractivity contribution in [2.75, 3.05) is 32.6 Å². The third-order valence-corrected chi connectivity index (χ3v) is 5.57. The van der Waals surface area contributed by atoms with Gasteiger partial charge < -0.3 is 14.4 Å². The van der Waals surface area contributed by atoms with Crippen molar-refractivity contribution in [3.8, 4) is 5.75 Å². The molecule has 0 saturated carbocycles. The zero-order valence-electron chi connectivity index (χ0n) is 11.9. The number of rotatable bonds is 4. The normalized spacial score (nSPS) is 23.1. The summed E-state index contributed by atoms with van der Waals surface area (Å²) in [5.41, 5.74) is 0. The molecule has 0 aromatic heterocycles.